The van der Waals surface area contributed by atoms with Gasteiger partial charge in [0.15, 0.2) is 0 Å². The lowest BCUT2D eigenvalue weighted by Crippen LogP contribution is -2.44. The van der Waals surface area contributed by atoms with Crippen LogP contribution in [0.4, 0.5) is 0 Å². The molecule has 1 fully saturated rings. The zero-order valence-electron chi connectivity index (χ0n) is 10.3. The van der Waals surface area contributed by atoms with Crippen molar-refractivity contribution in [2.24, 2.45) is 11.7 Å². The standard InChI is InChI=1S/C12H19N3OS/c1-8(13)10-4-3-5-15(7-10)12(16)11-6-14-9(2)17-11/h6,8,10H,3-5,7,13H2,1-2H3/t8-,10-/m1/s1. The number of hydrogen-bond donors (Lipinski definition) is 1. The Bertz CT molecular complexity index is 402. The number of thiazole rings is 1. The predicted molar refractivity (Wildman–Crippen MR) is 69.1 cm³/mol. The molecule has 0 saturated carbocycles. The van der Waals surface area contributed by atoms with Gasteiger partial charge < -0.3 is 10.6 Å². The molecule has 1 aromatic rings. The normalized spacial score (nSPS) is 22.5. The van der Waals surface area contributed by atoms with Crippen molar-refractivity contribution in [3.05, 3.63) is 16.1 Å². The molecule has 1 amide bonds. The number of nitrogens with zero attached hydrogens (tertiary/aromatic N) is 2. The molecule has 2 atom stereocenters. The third kappa shape index (κ3) is 2.84. The van der Waals surface area contributed by atoms with E-state index in [1.807, 2.05) is 18.7 Å². The Balaban J connectivity index is 2.04. The molecule has 0 radical (unpaired) electrons. The SMILES string of the molecule is Cc1ncc(C(=O)N2CCC[C@@H]([C@@H](C)N)C2)s1. The van der Waals surface area contributed by atoms with Crippen molar-refractivity contribution in [2.45, 2.75) is 32.7 Å². The molecule has 0 aliphatic carbocycles. The molecule has 17 heavy (non-hydrogen) atoms. The van der Waals surface area contributed by atoms with E-state index in [0.29, 0.717) is 5.92 Å². The van der Waals surface area contributed by atoms with Crippen LogP contribution in [0.25, 0.3) is 0 Å². The lowest BCUT2D eigenvalue weighted by Gasteiger charge is -2.34. The van der Waals surface area contributed by atoms with Crippen molar-refractivity contribution < 1.29 is 4.79 Å². The fourth-order valence-corrected chi connectivity index (χ4v) is 2.99. The van der Waals surface area contributed by atoms with Gasteiger partial charge in [-0.25, -0.2) is 4.98 Å². The van der Waals surface area contributed by atoms with Gasteiger partial charge in [0.1, 0.15) is 4.88 Å². The predicted octanol–water partition coefficient (Wildman–Crippen LogP) is 1.65. The van der Waals surface area contributed by atoms with E-state index in [-0.39, 0.29) is 11.9 Å². The Hall–Kier alpha value is -0.940. The second-order valence-electron chi connectivity index (χ2n) is 4.76. The van der Waals surface area contributed by atoms with Crippen LogP contribution >= 0.6 is 11.3 Å². The highest BCUT2D eigenvalue weighted by atomic mass is 32.1. The molecule has 5 heteroatoms. The van der Waals surface area contributed by atoms with Crippen LogP contribution in [-0.2, 0) is 0 Å². The molecule has 1 aliphatic heterocycles. The number of rotatable bonds is 2. The Morgan fingerprint density at radius 3 is 3.06 bits per heavy atom. The molecule has 1 aliphatic rings. The van der Waals surface area contributed by atoms with E-state index in [1.54, 1.807) is 6.20 Å². The maximum absolute atomic E-state index is 12.2. The van der Waals surface area contributed by atoms with Crippen molar-refractivity contribution in [3.63, 3.8) is 0 Å². The summed E-state index contributed by atoms with van der Waals surface area (Å²) in [4.78, 5) is 19.0. The summed E-state index contributed by atoms with van der Waals surface area (Å²) in [6.07, 6.45) is 3.86. The first-order valence-electron chi connectivity index (χ1n) is 6.05. The lowest BCUT2D eigenvalue weighted by molar-refractivity contribution is 0.0665. The van der Waals surface area contributed by atoms with Crippen LogP contribution in [0.15, 0.2) is 6.20 Å². The third-order valence-corrected chi connectivity index (χ3v) is 4.22. The van der Waals surface area contributed by atoms with Gasteiger partial charge in [0.2, 0.25) is 0 Å². The van der Waals surface area contributed by atoms with E-state index in [4.69, 9.17) is 5.73 Å². The van der Waals surface area contributed by atoms with Gasteiger partial charge in [-0.1, -0.05) is 0 Å². The summed E-state index contributed by atoms with van der Waals surface area (Å²) in [7, 11) is 0. The number of piperidine rings is 1. The molecule has 2 rings (SSSR count). The van der Waals surface area contributed by atoms with Gasteiger partial charge in [0.05, 0.1) is 11.2 Å². The number of carbonyl (C=O) groups excluding carboxylic acids is 1. The van der Waals surface area contributed by atoms with Gasteiger partial charge in [-0.2, -0.15) is 0 Å². The zero-order valence-corrected chi connectivity index (χ0v) is 11.2. The molecule has 94 valence electrons. The first-order valence-corrected chi connectivity index (χ1v) is 6.87. The molecular weight excluding hydrogens is 234 g/mol. The molecule has 0 aromatic carbocycles. The van der Waals surface area contributed by atoms with Crippen LogP contribution in [-0.4, -0.2) is 34.9 Å². The van der Waals surface area contributed by atoms with Gasteiger partial charge in [-0.05, 0) is 32.6 Å². The van der Waals surface area contributed by atoms with Crippen LogP contribution in [0.1, 0.15) is 34.4 Å². The van der Waals surface area contributed by atoms with E-state index in [1.165, 1.54) is 11.3 Å². The van der Waals surface area contributed by atoms with E-state index in [0.717, 1.165) is 35.8 Å². The van der Waals surface area contributed by atoms with Crippen LogP contribution < -0.4 is 5.73 Å². The largest absolute Gasteiger partial charge is 0.338 e. The molecule has 0 bridgehead atoms. The third-order valence-electron chi connectivity index (χ3n) is 3.32. The van der Waals surface area contributed by atoms with Gasteiger partial charge in [0.25, 0.3) is 5.91 Å². The Labute approximate surface area is 106 Å². The number of carbonyl (C=O) groups is 1. The van der Waals surface area contributed by atoms with Crippen molar-refractivity contribution in [2.75, 3.05) is 13.1 Å². The van der Waals surface area contributed by atoms with Crippen LogP contribution in [0.5, 0.6) is 0 Å². The topological polar surface area (TPSA) is 59.2 Å². The van der Waals surface area contributed by atoms with Crippen LogP contribution in [0, 0.1) is 12.8 Å². The molecule has 1 saturated heterocycles. The Morgan fingerprint density at radius 2 is 2.47 bits per heavy atom. The van der Waals surface area contributed by atoms with Crippen molar-refractivity contribution in [1.82, 2.24) is 9.88 Å². The minimum Gasteiger partial charge on any atom is -0.338 e. The van der Waals surface area contributed by atoms with Crippen LogP contribution in [0.3, 0.4) is 0 Å². The summed E-state index contributed by atoms with van der Waals surface area (Å²) in [6, 6.07) is 0.161. The lowest BCUT2D eigenvalue weighted by atomic mass is 9.92. The van der Waals surface area contributed by atoms with Crippen molar-refractivity contribution in [3.8, 4) is 0 Å². The molecule has 0 unspecified atom stereocenters. The van der Waals surface area contributed by atoms with Crippen LogP contribution in [0.2, 0.25) is 0 Å². The quantitative estimate of drug-likeness (QED) is 0.872. The minimum absolute atomic E-state index is 0.112. The van der Waals surface area contributed by atoms with Gasteiger partial charge in [-0.15, -0.1) is 11.3 Å². The smallest absolute Gasteiger partial charge is 0.265 e. The number of aromatic nitrogens is 1. The maximum atomic E-state index is 12.2. The summed E-state index contributed by atoms with van der Waals surface area (Å²) >= 11 is 1.47. The number of aryl methyl sites for hydroxylation is 1. The number of nitrogens with two attached hydrogens (primary N) is 1. The summed E-state index contributed by atoms with van der Waals surface area (Å²) in [5.74, 6) is 0.544. The fraction of sp³-hybridized carbons (Fsp3) is 0.667. The monoisotopic (exact) mass is 253 g/mol. The summed E-state index contributed by atoms with van der Waals surface area (Å²) in [5, 5.41) is 0.939. The average molecular weight is 253 g/mol. The summed E-state index contributed by atoms with van der Waals surface area (Å²) in [5.41, 5.74) is 5.92. The molecular formula is C12H19N3OS. The highest BCUT2D eigenvalue weighted by molar-refractivity contribution is 7.13. The number of hydrogen-bond acceptors (Lipinski definition) is 4. The molecule has 1 aromatic heterocycles. The number of amides is 1. The van der Waals surface area contributed by atoms with E-state index in [9.17, 15) is 4.79 Å². The Kier molecular flexibility index (Phi) is 3.79. The Morgan fingerprint density at radius 1 is 1.71 bits per heavy atom. The second kappa shape index (κ2) is 5.14. The molecule has 2 N–H and O–H groups in total. The highest BCUT2D eigenvalue weighted by Gasteiger charge is 2.27. The first kappa shape index (κ1) is 12.5. The van der Waals surface area contributed by atoms with Crippen molar-refractivity contribution >= 4 is 17.2 Å². The first-order chi connectivity index (χ1) is 8.08. The van der Waals surface area contributed by atoms with E-state index < -0.39 is 0 Å². The van der Waals surface area contributed by atoms with Crippen molar-refractivity contribution in [1.29, 1.82) is 0 Å². The maximum Gasteiger partial charge on any atom is 0.265 e. The number of likely N-dealkylation sites (tertiary alicyclic amines) is 1. The van der Waals surface area contributed by atoms with Gasteiger partial charge in [0, 0.05) is 19.1 Å². The summed E-state index contributed by atoms with van der Waals surface area (Å²) < 4.78 is 0. The zero-order chi connectivity index (χ0) is 12.4. The average Bonchev–Trinajstić information content (AvgIpc) is 2.75. The molecule has 0 spiro atoms. The van der Waals surface area contributed by atoms with E-state index >= 15 is 0 Å². The van der Waals surface area contributed by atoms with Gasteiger partial charge >= 0.3 is 0 Å². The fourth-order valence-electron chi connectivity index (χ4n) is 2.24. The molecule has 2 heterocycles. The molecule has 4 nitrogen and oxygen atoms in total. The second-order valence-corrected chi connectivity index (χ2v) is 5.99. The van der Waals surface area contributed by atoms with E-state index in [2.05, 4.69) is 4.98 Å². The van der Waals surface area contributed by atoms with Gasteiger partial charge in [-0.3, -0.25) is 4.79 Å². The minimum atomic E-state index is 0.112. The summed E-state index contributed by atoms with van der Waals surface area (Å²) in [6.45, 7) is 5.57. The highest BCUT2D eigenvalue weighted by Crippen LogP contribution is 2.22.